The lowest BCUT2D eigenvalue weighted by Crippen LogP contribution is -2.54. The van der Waals surface area contributed by atoms with Crippen LogP contribution in [0.4, 0.5) is 4.79 Å². The largest absolute Gasteiger partial charge is 0.342 e. The molecule has 0 bridgehead atoms. The van der Waals surface area contributed by atoms with Crippen LogP contribution in [0.1, 0.15) is 38.6 Å². The molecule has 1 aromatic rings. The highest BCUT2D eigenvalue weighted by molar-refractivity contribution is 5.78. The number of hydrogen-bond acceptors (Lipinski definition) is 4. The second kappa shape index (κ2) is 8.73. The summed E-state index contributed by atoms with van der Waals surface area (Å²) in [5, 5.41) is 3.14. The van der Waals surface area contributed by atoms with Crippen molar-refractivity contribution in [2.75, 3.05) is 45.8 Å². The number of rotatable bonds is 5. The van der Waals surface area contributed by atoms with Gasteiger partial charge in [0.05, 0.1) is 12.6 Å². The van der Waals surface area contributed by atoms with Gasteiger partial charge in [0.1, 0.15) is 5.82 Å². The Hall–Kier alpha value is -2.09. The van der Waals surface area contributed by atoms with E-state index < -0.39 is 0 Å². The molecule has 150 valence electrons. The van der Waals surface area contributed by atoms with E-state index in [1.807, 2.05) is 27.6 Å². The summed E-state index contributed by atoms with van der Waals surface area (Å²) in [4.78, 5) is 35.4. The van der Waals surface area contributed by atoms with E-state index in [1.54, 1.807) is 6.20 Å². The molecular weight excluding hydrogens is 344 g/mol. The van der Waals surface area contributed by atoms with E-state index >= 15 is 0 Å². The molecule has 0 spiro atoms. The summed E-state index contributed by atoms with van der Waals surface area (Å²) < 4.78 is 1.95. The predicted octanol–water partition coefficient (Wildman–Crippen LogP) is 1.07. The summed E-state index contributed by atoms with van der Waals surface area (Å²) in [6.45, 7) is 9.19. The molecule has 0 radical (unpaired) electrons. The highest BCUT2D eigenvalue weighted by Crippen LogP contribution is 2.20. The zero-order chi connectivity index (χ0) is 19.4. The van der Waals surface area contributed by atoms with E-state index in [0.717, 1.165) is 44.8 Å². The average Bonchev–Trinajstić information content (AvgIpc) is 3.32. The van der Waals surface area contributed by atoms with Gasteiger partial charge < -0.3 is 19.7 Å². The fraction of sp³-hybridized carbons (Fsp3) is 0.737. The van der Waals surface area contributed by atoms with Gasteiger partial charge in [0.2, 0.25) is 5.91 Å². The summed E-state index contributed by atoms with van der Waals surface area (Å²) in [7, 11) is 1.94. The van der Waals surface area contributed by atoms with Gasteiger partial charge >= 0.3 is 6.03 Å². The minimum absolute atomic E-state index is 0.0535. The molecule has 1 N–H and O–H groups in total. The van der Waals surface area contributed by atoms with Crippen LogP contribution in [0.2, 0.25) is 0 Å². The summed E-state index contributed by atoms with van der Waals surface area (Å²) in [5.41, 5.74) is 0. The summed E-state index contributed by atoms with van der Waals surface area (Å²) in [5.74, 6) is 1.34. The maximum atomic E-state index is 12.7. The van der Waals surface area contributed by atoms with E-state index in [4.69, 9.17) is 0 Å². The van der Waals surface area contributed by atoms with Gasteiger partial charge in [-0.3, -0.25) is 9.69 Å². The van der Waals surface area contributed by atoms with Crippen LogP contribution in [-0.2, 0) is 11.8 Å². The minimum Gasteiger partial charge on any atom is -0.342 e. The van der Waals surface area contributed by atoms with Gasteiger partial charge in [-0.2, -0.15) is 0 Å². The SMILES string of the molecule is CC(C)[C@H](NC(=O)N1CCN(CC(=O)N2CCCC2)CC1)c1nccn1C. The Balaban J connectivity index is 1.49. The molecule has 3 heterocycles. The van der Waals surface area contributed by atoms with Crippen LogP contribution in [0.25, 0.3) is 0 Å². The van der Waals surface area contributed by atoms with E-state index in [1.165, 1.54) is 0 Å². The first-order valence-electron chi connectivity index (χ1n) is 9.98. The molecule has 2 aliphatic heterocycles. The number of carbonyl (C=O) groups excluding carboxylic acids is 2. The first-order chi connectivity index (χ1) is 13.0. The summed E-state index contributed by atoms with van der Waals surface area (Å²) >= 11 is 0. The number of nitrogens with one attached hydrogen (secondary N) is 1. The summed E-state index contributed by atoms with van der Waals surface area (Å²) in [6, 6.07) is -0.172. The van der Waals surface area contributed by atoms with Crippen LogP contribution in [0.15, 0.2) is 12.4 Å². The van der Waals surface area contributed by atoms with Gasteiger partial charge in [0, 0.05) is 58.7 Å². The van der Waals surface area contributed by atoms with E-state index in [2.05, 4.69) is 29.0 Å². The molecule has 0 aromatic carbocycles. The molecule has 2 saturated heterocycles. The van der Waals surface area contributed by atoms with Crippen LogP contribution in [0.3, 0.4) is 0 Å². The van der Waals surface area contributed by atoms with Gasteiger partial charge in [-0.05, 0) is 18.8 Å². The zero-order valence-corrected chi connectivity index (χ0v) is 16.7. The van der Waals surface area contributed by atoms with E-state index in [9.17, 15) is 9.59 Å². The first kappa shape index (κ1) is 19.7. The van der Waals surface area contributed by atoms with E-state index in [-0.39, 0.29) is 23.9 Å². The fourth-order valence-electron chi connectivity index (χ4n) is 3.80. The van der Waals surface area contributed by atoms with Crippen molar-refractivity contribution in [3.05, 3.63) is 18.2 Å². The highest BCUT2D eigenvalue weighted by atomic mass is 16.2. The number of carbonyl (C=O) groups is 2. The molecule has 2 fully saturated rings. The first-order valence-corrected chi connectivity index (χ1v) is 9.98. The number of urea groups is 1. The van der Waals surface area contributed by atoms with Gasteiger partial charge in [0.15, 0.2) is 0 Å². The van der Waals surface area contributed by atoms with Crippen molar-refractivity contribution in [1.29, 1.82) is 0 Å². The van der Waals surface area contributed by atoms with Crippen molar-refractivity contribution in [2.24, 2.45) is 13.0 Å². The molecular formula is C19H32N6O2. The monoisotopic (exact) mass is 376 g/mol. The van der Waals surface area contributed by atoms with Crippen molar-refractivity contribution in [2.45, 2.75) is 32.7 Å². The molecule has 3 rings (SSSR count). The number of piperazine rings is 1. The molecule has 0 unspecified atom stereocenters. The van der Waals surface area contributed by atoms with Gasteiger partial charge in [-0.25, -0.2) is 9.78 Å². The van der Waals surface area contributed by atoms with Crippen LogP contribution >= 0.6 is 0 Å². The molecule has 8 heteroatoms. The Kier molecular flexibility index (Phi) is 6.36. The lowest BCUT2D eigenvalue weighted by molar-refractivity contribution is -0.131. The number of nitrogens with zero attached hydrogens (tertiary/aromatic N) is 5. The van der Waals surface area contributed by atoms with Crippen LogP contribution < -0.4 is 5.32 Å². The van der Waals surface area contributed by atoms with Crippen LogP contribution in [0.5, 0.6) is 0 Å². The Labute approximate surface area is 161 Å². The lowest BCUT2D eigenvalue weighted by atomic mass is 10.0. The van der Waals surface area contributed by atoms with Gasteiger partial charge in [0.25, 0.3) is 0 Å². The maximum absolute atomic E-state index is 12.7. The van der Waals surface area contributed by atoms with Crippen molar-refractivity contribution in [3.63, 3.8) is 0 Å². The molecule has 8 nitrogen and oxygen atoms in total. The normalized spacial score (nSPS) is 19.6. The Morgan fingerprint density at radius 2 is 1.74 bits per heavy atom. The number of aryl methyl sites for hydroxylation is 1. The quantitative estimate of drug-likeness (QED) is 0.834. The molecule has 0 aliphatic carbocycles. The maximum Gasteiger partial charge on any atom is 0.318 e. The molecule has 1 aromatic heterocycles. The third kappa shape index (κ3) is 4.80. The lowest BCUT2D eigenvalue weighted by Gasteiger charge is -2.36. The van der Waals surface area contributed by atoms with Crippen molar-refractivity contribution >= 4 is 11.9 Å². The Bertz CT molecular complexity index is 644. The third-order valence-corrected chi connectivity index (χ3v) is 5.56. The molecule has 0 saturated carbocycles. The minimum atomic E-state index is -0.118. The topological polar surface area (TPSA) is 73.7 Å². The summed E-state index contributed by atoms with van der Waals surface area (Å²) in [6.07, 6.45) is 5.89. The second-order valence-corrected chi connectivity index (χ2v) is 7.92. The second-order valence-electron chi connectivity index (χ2n) is 7.92. The molecule has 3 amide bonds. The number of likely N-dealkylation sites (tertiary alicyclic amines) is 1. The zero-order valence-electron chi connectivity index (χ0n) is 16.7. The number of amides is 3. The number of hydrogen-bond donors (Lipinski definition) is 1. The predicted molar refractivity (Wildman–Crippen MR) is 103 cm³/mol. The highest BCUT2D eigenvalue weighted by Gasteiger charge is 2.28. The molecule has 2 aliphatic rings. The van der Waals surface area contributed by atoms with Gasteiger partial charge in [-0.1, -0.05) is 13.8 Å². The molecule has 1 atom stereocenters. The van der Waals surface area contributed by atoms with Crippen LogP contribution in [0, 0.1) is 5.92 Å². The molecule has 27 heavy (non-hydrogen) atoms. The average molecular weight is 377 g/mol. The fourth-order valence-corrected chi connectivity index (χ4v) is 3.80. The Morgan fingerprint density at radius 1 is 1.07 bits per heavy atom. The van der Waals surface area contributed by atoms with Crippen LogP contribution in [-0.4, -0.2) is 82.0 Å². The number of aromatic nitrogens is 2. The third-order valence-electron chi connectivity index (χ3n) is 5.56. The van der Waals surface area contributed by atoms with E-state index in [0.29, 0.717) is 19.6 Å². The van der Waals surface area contributed by atoms with Crippen molar-refractivity contribution < 1.29 is 9.59 Å². The van der Waals surface area contributed by atoms with Gasteiger partial charge in [-0.15, -0.1) is 0 Å². The van der Waals surface area contributed by atoms with Crippen molar-refractivity contribution in [1.82, 2.24) is 29.6 Å². The smallest absolute Gasteiger partial charge is 0.318 e. The number of imidazole rings is 1. The van der Waals surface area contributed by atoms with Crippen molar-refractivity contribution in [3.8, 4) is 0 Å². The Morgan fingerprint density at radius 3 is 2.30 bits per heavy atom. The standard InChI is InChI=1S/C19H32N6O2/c1-15(2)17(18-20-6-9-22(18)3)21-19(27)25-12-10-23(11-13-25)14-16(26)24-7-4-5-8-24/h6,9,15,17H,4-5,7-8,10-14H2,1-3H3,(H,21,27)/t17-/m0/s1.